The van der Waals surface area contributed by atoms with Crippen molar-refractivity contribution in [2.75, 3.05) is 18.1 Å². The SMILES string of the molecule is C=CCN(C(=O)C1N([C@@H](CO)C(C)C)C(=O)[C@@H]2[C@@H](C(=O)O)[C@H]3CCC12O3)c1c(C)cccc1Cl. The lowest BCUT2D eigenvalue weighted by Gasteiger charge is -2.40. The predicted octanol–water partition coefficient (Wildman–Crippen LogP) is 2.64. The number of carbonyl (C=O) groups excluding carboxylic acids is 2. The summed E-state index contributed by atoms with van der Waals surface area (Å²) < 4.78 is 6.26. The van der Waals surface area contributed by atoms with Gasteiger partial charge in [0.05, 0.1) is 41.3 Å². The molecule has 3 fully saturated rings. The number of aryl methyl sites for hydroxylation is 1. The number of carbonyl (C=O) groups is 3. The van der Waals surface area contributed by atoms with Crippen LogP contribution in [-0.4, -0.2) is 69.8 Å². The highest BCUT2D eigenvalue weighted by atomic mass is 35.5. The first kappa shape index (κ1) is 24.7. The summed E-state index contributed by atoms with van der Waals surface area (Å²) in [6, 6.07) is 3.56. The largest absolute Gasteiger partial charge is 0.481 e. The molecule has 3 aliphatic heterocycles. The monoisotopic (exact) mass is 490 g/mol. The molecule has 3 saturated heterocycles. The normalized spacial score (nSPS) is 30.5. The van der Waals surface area contributed by atoms with Gasteiger partial charge in [-0.1, -0.05) is 43.7 Å². The smallest absolute Gasteiger partial charge is 0.310 e. The molecule has 1 aromatic rings. The van der Waals surface area contributed by atoms with Gasteiger partial charge in [0.25, 0.3) is 5.91 Å². The number of anilines is 1. The zero-order valence-corrected chi connectivity index (χ0v) is 20.4. The molecule has 3 heterocycles. The standard InChI is InChI=1S/C25H31ClN2O6/c1-5-11-27(20-14(4)7-6-8-15(20)26)23(31)21-25-10-9-17(34-25)18(24(32)33)19(25)22(30)28(21)16(12-29)13(2)3/h5-8,13,16-19,21,29H,1,9-12H2,2-4H3,(H,32,33)/t16-,17+,18-,19-,21?,25?/m0/s1. The first-order valence-electron chi connectivity index (χ1n) is 11.6. The number of hydrogen-bond donors (Lipinski definition) is 2. The van der Waals surface area contributed by atoms with Crippen LogP contribution < -0.4 is 4.90 Å². The molecule has 0 aliphatic carbocycles. The molecule has 0 aromatic heterocycles. The van der Waals surface area contributed by atoms with Crippen LogP contribution in [-0.2, 0) is 19.1 Å². The van der Waals surface area contributed by atoms with E-state index in [0.29, 0.717) is 23.6 Å². The fourth-order valence-electron chi connectivity index (χ4n) is 6.16. The number of fused-ring (bicyclic) bond motifs is 1. The van der Waals surface area contributed by atoms with Crippen LogP contribution in [0.3, 0.4) is 0 Å². The van der Waals surface area contributed by atoms with Gasteiger partial charge >= 0.3 is 5.97 Å². The average Bonchev–Trinajstić information content (AvgIpc) is 3.41. The van der Waals surface area contributed by atoms with Crippen molar-refractivity contribution >= 4 is 35.1 Å². The number of aliphatic hydroxyl groups excluding tert-OH is 1. The van der Waals surface area contributed by atoms with Crippen LogP contribution in [0.5, 0.6) is 0 Å². The van der Waals surface area contributed by atoms with Crippen LogP contribution in [0.2, 0.25) is 5.02 Å². The third-order valence-corrected chi connectivity index (χ3v) is 7.91. The van der Waals surface area contributed by atoms with Crippen molar-refractivity contribution < 1.29 is 29.3 Å². The molecule has 0 saturated carbocycles. The first-order valence-corrected chi connectivity index (χ1v) is 12.0. The molecule has 8 nitrogen and oxygen atoms in total. The minimum atomic E-state index is -1.27. The van der Waals surface area contributed by atoms with Crippen molar-refractivity contribution in [3.8, 4) is 0 Å². The second-order valence-electron chi connectivity index (χ2n) is 9.78. The number of aliphatic carboxylic acids is 1. The van der Waals surface area contributed by atoms with Gasteiger partial charge < -0.3 is 24.7 Å². The van der Waals surface area contributed by atoms with Gasteiger partial charge in [-0.25, -0.2) is 0 Å². The zero-order chi connectivity index (χ0) is 24.9. The van der Waals surface area contributed by atoms with E-state index in [4.69, 9.17) is 16.3 Å². The van der Waals surface area contributed by atoms with Crippen molar-refractivity contribution in [1.29, 1.82) is 0 Å². The van der Waals surface area contributed by atoms with E-state index in [9.17, 15) is 24.6 Å². The Morgan fingerprint density at radius 3 is 2.68 bits per heavy atom. The van der Waals surface area contributed by atoms with Crippen LogP contribution in [0.4, 0.5) is 5.69 Å². The van der Waals surface area contributed by atoms with E-state index >= 15 is 0 Å². The van der Waals surface area contributed by atoms with Gasteiger partial charge in [-0.15, -0.1) is 6.58 Å². The summed E-state index contributed by atoms with van der Waals surface area (Å²) >= 11 is 6.51. The number of likely N-dealkylation sites (tertiary alicyclic amines) is 1. The number of rotatable bonds is 8. The number of hydrogen-bond acceptors (Lipinski definition) is 5. The number of ether oxygens (including phenoxy) is 1. The van der Waals surface area contributed by atoms with Gasteiger partial charge in [0.15, 0.2) is 0 Å². The van der Waals surface area contributed by atoms with E-state index in [2.05, 4.69) is 6.58 Å². The molecule has 6 atom stereocenters. The Morgan fingerprint density at radius 2 is 2.12 bits per heavy atom. The van der Waals surface area contributed by atoms with Gasteiger partial charge in [0.1, 0.15) is 11.6 Å². The van der Waals surface area contributed by atoms with Crippen LogP contribution in [0.15, 0.2) is 30.9 Å². The van der Waals surface area contributed by atoms with Crippen LogP contribution in [0, 0.1) is 24.7 Å². The minimum absolute atomic E-state index is 0.139. The van der Waals surface area contributed by atoms with Gasteiger partial charge in [-0.3, -0.25) is 14.4 Å². The van der Waals surface area contributed by atoms with Crippen molar-refractivity contribution in [3.63, 3.8) is 0 Å². The van der Waals surface area contributed by atoms with E-state index in [0.717, 1.165) is 5.56 Å². The molecule has 2 unspecified atom stereocenters. The lowest BCUT2D eigenvalue weighted by atomic mass is 9.70. The summed E-state index contributed by atoms with van der Waals surface area (Å²) in [5, 5.41) is 20.5. The van der Waals surface area contributed by atoms with E-state index in [1.165, 1.54) is 9.80 Å². The zero-order valence-electron chi connectivity index (χ0n) is 19.6. The molecule has 4 rings (SSSR count). The maximum Gasteiger partial charge on any atom is 0.310 e. The lowest BCUT2D eigenvalue weighted by Crippen LogP contribution is -2.60. The fourth-order valence-corrected chi connectivity index (χ4v) is 6.49. The highest BCUT2D eigenvalue weighted by Crippen LogP contribution is 2.59. The van der Waals surface area contributed by atoms with Crippen LogP contribution >= 0.6 is 11.6 Å². The summed E-state index contributed by atoms with van der Waals surface area (Å²) in [4.78, 5) is 43.2. The van der Waals surface area contributed by atoms with E-state index in [-0.39, 0.29) is 19.1 Å². The molecule has 2 bridgehead atoms. The molecule has 34 heavy (non-hydrogen) atoms. The molecule has 1 spiro atoms. The number of amides is 2. The third kappa shape index (κ3) is 3.46. The molecule has 2 amide bonds. The number of carboxylic acid groups (broad SMARTS) is 1. The highest BCUT2D eigenvalue weighted by Gasteiger charge is 2.75. The first-order chi connectivity index (χ1) is 16.1. The maximum absolute atomic E-state index is 14.4. The number of para-hydroxylation sites is 1. The number of carboxylic acids is 1. The molecular weight excluding hydrogens is 460 g/mol. The van der Waals surface area contributed by atoms with Crippen molar-refractivity contribution in [2.45, 2.75) is 57.4 Å². The summed E-state index contributed by atoms with van der Waals surface area (Å²) in [5.74, 6) is -4.15. The number of halogens is 1. The molecule has 1 aromatic carbocycles. The minimum Gasteiger partial charge on any atom is -0.481 e. The molecule has 3 aliphatic rings. The van der Waals surface area contributed by atoms with Crippen LogP contribution in [0.1, 0.15) is 32.3 Å². The van der Waals surface area contributed by atoms with Gasteiger partial charge in [-0.05, 0) is 37.3 Å². The predicted molar refractivity (Wildman–Crippen MR) is 127 cm³/mol. The summed E-state index contributed by atoms with van der Waals surface area (Å²) in [6.07, 6.45) is 1.81. The Labute approximate surface area is 204 Å². The fraction of sp³-hybridized carbons (Fsp3) is 0.560. The summed E-state index contributed by atoms with van der Waals surface area (Å²) in [7, 11) is 0. The summed E-state index contributed by atoms with van der Waals surface area (Å²) in [6.45, 7) is 9.12. The average molecular weight is 491 g/mol. The molecule has 184 valence electrons. The highest BCUT2D eigenvalue weighted by molar-refractivity contribution is 6.34. The molecular formula is C25H31ClN2O6. The second-order valence-corrected chi connectivity index (χ2v) is 10.2. The van der Waals surface area contributed by atoms with Crippen molar-refractivity contribution in [2.24, 2.45) is 17.8 Å². The number of benzene rings is 1. The second kappa shape index (κ2) is 8.98. The van der Waals surface area contributed by atoms with Crippen molar-refractivity contribution in [1.82, 2.24) is 4.90 Å². The number of aliphatic hydroxyl groups is 1. The van der Waals surface area contributed by atoms with E-state index in [1.54, 1.807) is 18.2 Å². The Kier molecular flexibility index (Phi) is 6.52. The third-order valence-electron chi connectivity index (χ3n) is 7.61. The molecule has 9 heteroatoms. The topological polar surface area (TPSA) is 107 Å². The van der Waals surface area contributed by atoms with E-state index < -0.39 is 53.4 Å². The van der Waals surface area contributed by atoms with Gasteiger partial charge in [0.2, 0.25) is 5.91 Å². The van der Waals surface area contributed by atoms with E-state index in [1.807, 2.05) is 26.8 Å². The Balaban J connectivity index is 1.88. The Hall–Kier alpha value is -2.42. The molecule has 2 N–H and O–H groups in total. The Morgan fingerprint density at radius 1 is 1.41 bits per heavy atom. The van der Waals surface area contributed by atoms with Crippen molar-refractivity contribution in [3.05, 3.63) is 41.4 Å². The maximum atomic E-state index is 14.4. The summed E-state index contributed by atoms with van der Waals surface area (Å²) in [5.41, 5.74) is 0.0164. The van der Waals surface area contributed by atoms with Gasteiger partial charge in [0, 0.05) is 6.54 Å². The Bertz CT molecular complexity index is 1010. The quantitative estimate of drug-likeness (QED) is 0.542. The van der Waals surface area contributed by atoms with Gasteiger partial charge in [-0.2, -0.15) is 0 Å². The van der Waals surface area contributed by atoms with Crippen LogP contribution in [0.25, 0.3) is 0 Å². The number of nitrogens with zero attached hydrogens (tertiary/aromatic N) is 2. The lowest BCUT2D eigenvalue weighted by molar-refractivity contribution is -0.151. The molecule has 0 radical (unpaired) electrons.